The Morgan fingerprint density at radius 2 is 2.35 bits per heavy atom. The monoisotopic (exact) mass is 293 g/mol. The van der Waals surface area contributed by atoms with Gasteiger partial charge in [0.1, 0.15) is 0 Å². The third-order valence-corrected chi connectivity index (χ3v) is 3.98. The molecule has 6 nitrogen and oxygen atoms in total. The number of halogens is 1. The molecule has 1 aliphatic heterocycles. The van der Waals surface area contributed by atoms with Gasteiger partial charge < -0.3 is 10.5 Å². The first-order chi connectivity index (χ1) is 9.66. The summed E-state index contributed by atoms with van der Waals surface area (Å²) in [5.41, 5.74) is 7.21. The van der Waals surface area contributed by atoms with E-state index in [2.05, 4.69) is 22.4 Å². The fourth-order valence-corrected chi connectivity index (χ4v) is 2.60. The van der Waals surface area contributed by atoms with E-state index in [0.717, 1.165) is 25.0 Å². The largest absolute Gasteiger partial charge is 0.398 e. The van der Waals surface area contributed by atoms with Crippen LogP contribution in [0.25, 0.3) is 11.4 Å². The molecule has 1 aromatic heterocycles. The molecule has 0 bridgehead atoms. The van der Waals surface area contributed by atoms with Gasteiger partial charge in [-0.1, -0.05) is 11.6 Å². The predicted octanol–water partition coefficient (Wildman–Crippen LogP) is 2.32. The zero-order valence-electron chi connectivity index (χ0n) is 11.2. The van der Waals surface area contributed by atoms with Crippen molar-refractivity contribution in [3.8, 4) is 11.4 Å². The highest BCUT2D eigenvalue weighted by Gasteiger charge is 2.27. The molecule has 0 aliphatic carbocycles. The number of aromatic nitrogens is 4. The van der Waals surface area contributed by atoms with Gasteiger partial charge in [-0.2, -0.15) is 0 Å². The number of nitrogens with zero attached hydrogens (tertiary/aromatic N) is 4. The minimum absolute atomic E-state index is 0.0828. The van der Waals surface area contributed by atoms with Gasteiger partial charge in [0.05, 0.1) is 22.9 Å². The van der Waals surface area contributed by atoms with Crippen LogP contribution in [-0.2, 0) is 4.74 Å². The molecule has 7 heteroatoms. The zero-order chi connectivity index (χ0) is 14.1. The highest BCUT2D eigenvalue weighted by molar-refractivity contribution is 6.33. The number of hydrogen-bond acceptors (Lipinski definition) is 5. The molecule has 2 unspecified atom stereocenters. The molecule has 2 heterocycles. The quantitative estimate of drug-likeness (QED) is 0.879. The summed E-state index contributed by atoms with van der Waals surface area (Å²) < 4.78 is 7.50. The van der Waals surface area contributed by atoms with E-state index in [1.165, 1.54) is 0 Å². The van der Waals surface area contributed by atoms with Gasteiger partial charge in [0, 0.05) is 12.2 Å². The molecule has 0 spiro atoms. The summed E-state index contributed by atoms with van der Waals surface area (Å²) in [5, 5.41) is 12.5. The number of rotatable bonds is 3. The van der Waals surface area contributed by atoms with Crippen LogP contribution in [0.5, 0.6) is 0 Å². The molecule has 3 rings (SSSR count). The number of hydrogen-bond donors (Lipinski definition) is 1. The lowest BCUT2D eigenvalue weighted by Gasteiger charge is -2.19. The van der Waals surface area contributed by atoms with Gasteiger partial charge in [-0.3, -0.25) is 0 Å². The Morgan fingerprint density at radius 3 is 3.05 bits per heavy atom. The van der Waals surface area contributed by atoms with Gasteiger partial charge >= 0.3 is 0 Å². The summed E-state index contributed by atoms with van der Waals surface area (Å²) in [6.07, 6.45) is 2.27. The lowest BCUT2D eigenvalue weighted by molar-refractivity contribution is 0.0690. The SMILES string of the molecule is CC(C1CCCO1)n1nnnc1-c1ccc(Cl)c(N)c1. The smallest absolute Gasteiger partial charge is 0.182 e. The molecule has 1 aromatic carbocycles. The number of nitrogens with two attached hydrogens (primary N) is 1. The summed E-state index contributed by atoms with van der Waals surface area (Å²) in [6.45, 7) is 2.87. The van der Waals surface area contributed by atoms with E-state index in [0.29, 0.717) is 16.5 Å². The molecule has 20 heavy (non-hydrogen) atoms. The average Bonchev–Trinajstić information content (AvgIpc) is 3.11. The second kappa shape index (κ2) is 5.38. The standard InChI is InChI=1S/C13H16ClN5O/c1-8(12-3-2-6-20-12)19-13(16-17-18-19)9-4-5-10(14)11(15)7-9/h4-5,7-8,12H,2-3,6,15H2,1H3. The first-order valence-electron chi connectivity index (χ1n) is 6.61. The number of tetrazole rings is 1. The lowest BCUT2D eigenvalue weighted by Crippen LogP contribution is -2.22. The molecule has 106 valence electrons. The summed E-state index contributed by atoms with van der Waals surface area (Å²) in [7, 11) is 0. The average molecular weight is 294 g/mol. The molecule has 1 fully saturated rings. The summed E-state index contributed by atoms with van der Waals surface area (Å²) in [6, 6.07) is 5.48. The van der Waals surface area contributed by atoms with Crippen molar-refractivity contribution >= 4 is 17.3 Å². The lowest BCUT2D eigenvalue weighted by atomic mass is 10.1. The highest BCUT2D eigenvalue weighted by Crippen LogP contribution is 2.29. The van der Waals surface area contributed by atoms with Crippen LogP contribution in [0.4, 0.5) is 5.69 Å². The third kappa shape index (κ3) is 2.36. The molecule has 1 aliphatic rings. The maximum Gasteiger partial charge on any atom is 0.182 e. The second-order valence-corrected chi connectivity index (χ2v) is 5.38. The Bertz CT molecular complexity index is 609. The minimum atomic E-state index is 0.0828. The van der Waals surface area contributed by atoms with Crippen LogP contribution in [0.1, 0.15) is 25.8 Å². The first kappa shape index (κ1) is 13.3. The van der Waals surface area contributed by atoms with Crippen LogP contribution in [0.2, 0.25) is 5.02 Å². The van der Waals surface area contributed by atoms with E-state index in [1.807, 2.05) is 6.07 Å². The van der Waals surface area contributed by atoms with E-state index < -0.39 is 0 Å². The molecule has 0 radical (unpaired) electrons. The van der Waals surface area contributed by atoms with Crippen molar-refractivity contribution in [1.82, 2.24) is 20.2 Å². The molecule has 2 N–H and O–H groups in total. The van der Waals surface area contributed by atoms with Gasteiger partial charge in [-0.25, -0.2) is 4.68 Å². The zero-order valence-corrected chi connectivity index (χ0v) is 11.9. The Morgan fingerprint density at radius 1 is 1.50 bits per heavy atom. The van der Waals surface area contributed by atoms with Crippen molar-refractivity contribution in [2.45, 2.75) is 31.9 Å². The number of ether oxygens (including phenoxy) is 1. The van der Waals surface area contributed by atoms with Crippen LogP contribution >= 0.6 is 11.6 Å². The van der Waals surface area contributed by atoms with Crippen LogP contribution in [-0.4, -0.2) is 32.9 Å². The van der Waals surface area contributed by atoms with Crippen molar-refractivity contribution < 1.29 is 4.74 Å². The van der Waals surface area contributed by atoms with E-state index >= 15 is 0 Å². The van der Waals surface area contributed by atoms with E-state index in [4.69, 9.17) is 22.1 Å². The first-order valence-corrected chi connectivity index (χ1v) is 6.99. The molecule has 1 saturated heterocycles. The Balaban J connectivity index is 1.94. The van der Waals surface area contributed by atoms with Crippen molar-refractivity contribution in [3.05, 3.63) is 23.2 Å². The molecular formula is C13H16ClN5O. The van der Waals surface area contributed by atoms with Gasteiger partial charge in [-0.05, 0) is 48.4 Å². The van der Waals surface area contributed by atoms with Crippen LogP contribution in [0.15, 0.2) is 18.2 Å². The van der Waals surface area contributed by atoms with E-state index in [1.54, 1.807) is 16.8 Å². The fourth-order valence-electron chi connectivity index (χ4n) is 2.48. The van der Waals surface area contributed by atoms with Crippen molar-refractivity contribution in [3.63, 3.8) is 0 Å². The predicted molar refractivity (Wildman–Crippen MR) is 76.4 cm³/mol. The minimum Gasteiger partial charge on any atom is -0.398 e. The molecule has 2 aromatic rings. The topological polar surface area (TPSA) is 78.8 Å². The van der Waals surface area contributed by atoms with Crippen molar-refractivity contribution in [2.75, 3.05) is 12.3 Å². The van der Waals surface area contributed by atoms with Gasteiger partial charge in [0.25, 0.3) is 0 Å². The van der Waals surface area contributed by atoms with Gasteiger partial charge in [0.15, 0.2) is 5.82 Å². The molecular weight excluding hydrogens is 278 g/mol. The molecule has 0 saturated carbocycles. The summed E-state index contributed by atoms with van der Waals surface area (Å²) in [5.74, 6) is 0.677. The fraction of sp³-hybridized carbons (Fsp3) is 0.462. The summed E-state index contributed by atoms with van der Waals surface area (Å²) in [4.78, 5) is 0. The Kier molecular flexibility index (Phi) is 3.58. The van der Waals surface area contributed by atoms with E-state index in [9.17, 15) is 0 Å². The van der Waals surface area contributed by atoms with Crippen molar-refractivity contribution in [2.24, 2.45) is 0 Å². The number of anilines is 1. The van der Waals surface area contributed by atoms with Crippen LogP contribution < -0.4 is 5.73 Å². The van der Waals surface area contributed by atoms with Gasteiger partial charge in [-0.15, -0.1) is 5.10 Å². The van der Waals surface area contributed by atoms with Crippen LogP contribution in [0, 0.1) is 0 Å². The maximum atomic E-state index is 5.94. The summed E-state index contributed by atoms with van der Waals surface area (Å²) >= 11 is 5.94. The Labute approximate surface area is 121 Å². The normalized spacial score (nSPS) is 20.2. The second-order valence-electron chi connectivity index (χ2n) is 4.98. The van der Waals surface area contributed by atoms with Gasteiger partial charge in [0.2, 0.25) is 0 Å². The molecule has 2 atom stereocenters. The third-order valence-electron chi connectivity index (χ3n) is 3.64. The molecule has 0 amide bonds. The van der Waals surface area contributed by atoms with Crippen molar-refractivity contribution in [1.29, 1.82) is 0 Å². The number of nitrogen functional groups attached to an aromatic ring is 1. The van der Waals surface area contributed by atoms with Crippen LogP contribution in [0.3, 0.4) is 0 Å². The Hall–Kier alpha value is -1.66. The number of benzene rings is 1. The van der Waals surface area contributed by atoms with E-state index in [-0.39, 0.29) is 12.1 Å². The highest BCUT2D eigenvalue weighted by atomic mass is 35.5. The maximum absolute atomic E-state index is 5.94.